The summed E-state index contributed by atoms with van der Waals surface area (Å²) in [7, 11) is 0. The summed E-state index contributed by atoms with van der Waals surface area (Å²) in [5.41, 5.74) is 0. The Hall–Kier alpha value is -1.39. The smallest absolute Gasteiger partial charge is 0.291 e. The molecule has 1 aromatic heterocycles. The highest BCUT2D eigenvalue weighted by Crippen LogP contribution is 2.26. The van der Waals surface area contributed by atoms with Crippen molar-refractivity contribution in [1.29, 1.82) is 0 Å². The van der Waals surface area contributed by atoms with E-state index in [-0.39, 0.29) is 23.7 Å². The van der Waals surface area contributed by atoms with E-state index < -0.39 is 0 Å². The lowest BCUT2D eigenvalue weighted by Gasteiger charge is -2.31. The minimum atomic E-state index is -0.145. The third-order valence-corrected chi connectivity index (χ3v) is 4.00. The molecule has 2 rings (SSSR count). The summed E-state index contributed by atoms with van der Waals surface area (Å²) in [6.07, 6.45) is 5.89. The van der Waals surface area contributed by atoms with Gasteiger partial charge in [0.2, 0.25) is 5.82 Å². The molecule has 1 amide bonds. The molecule has 1 aromatic rings. The molecule has 0 radical (unpaired) electrons. The minimum absolute atomic E-state index is 0.145. The van der Waals surface area contributed by atoms with Crippen molar-refractivity contribution in [1.82, 2.24) is 20.5 Å². The lowest BCUT2D eigenvalue weighted by atomic mass is 9.83. The molecule has 1 aliphatic rings. The van der Waals surface area contributed by atoms with Crippen LogP contribution in [0.5, 0.6) is 0 Å². The van der Waals surface area contributed by atoms with E-state index in [0.29, 0.717) is 5.92 Å². The first-order chi connectivity index (χ1) is 9.11. The van der Waals surface area contributed by atoms with Crippen LogP contribution in [0.1, 0.15) is 75.2 Å². The number of rotatable bonds is 4. The van der Waals surface area contributed by atoms with Crippen LogP contribution in [0.15, 0.2) is 0 Å². The molecule has 0 spiro atoms. The largest absolute Gasteiger partial charge is 0.346 e. The van der Waals surface area contributed by atoms with Crippen molar-refractivity contribution < 1.29 is 4.79 Å². The fraction of sp³-hybridized carbons (Fsp3) is 0.786. The summed E-state index contributed by atoms with van der Waals surface area (Å²) in [6, 6.07) is 0.284. The molecule has 1 heterocycles. The summed E-state index contributed by atoms with van der Waals surface area (Å²) < 4.78 is 0. The Morgan fingerprint density at radius 1 is 1.42 bits per heavy atom. The van der Waals surface area contributed by atoms with E-state index in [0.717, 1.165) is 18.7 Å². The van der Waals surface area contributed by atoms with Crippen LogP contribution < -0.4 is 5.32 Å². The molecule has 106 valence electrons. The number of nitrogens with one attached hydrogen (secondary N) is 2. The molecule has 2 atom stereocenters. The third-order valence-electron chi connectivity index (χ3n) is 4.00. The summed E-state index contributed by atoms with van der Waals surface area (Å²) in [6.45, 7) is 6.24. The van der Waals surface area contributed by atoms with Gasteiger partial charge in [-0.2, -0.15) is 0 Å². The number of hydrogen-bond acceptors (Lipinski definition) is 3. The summed E-state index contributed by atoms with van der Waals surface area (Å²) in [5.74, 6) is 1.74. The zero-order valence-electron chi connectivity index (χ0n) is 12.1. The van der Waals surface area contributed by atoms with Crippen LogP contribution in [-0.4, -0.2) is 27.1 Å². The molecular weight excluding hydrogens is 240 g/mol. The SMILES string of the molecule is CCC1CCCCC1NC(=O)c1n[nH]c(C(C)C)n1. The molecule has 5 heteroatoms. The first kappa shape index (κ1) is 14.0. The lowest BCUT2D eigenvalue weighted by Crippen LogP contribution is -2.42. The fourth-order valence-electron chi connectivity index (χ4n) is 2.75. The van der Waals surface area contributed by atoms with Crippen LogP contribution in [0.2, 0.25) is 0 Å². The molecular formula is C14H24N4O. The molecule has 5 nitrogen and oxygen atoms in total. The fourth-order valence-corrected chi connectivity index (χ4v) is 2.75. The van der Waals surface area contributed by atoms with E-state index in [1.165, 1.54) is 19.3 Å². The Morgan fingerprint density at radius 2 is 2.16 bits per heavy atom. The maximum atomic E-state index is 12.2. The van der Waals surface area contributed by atoms with Crippen molar-refractivity contribution >= 4 is 5.91 Å². The van der Waals surface area contributed by atoms with Crippen molar-refractivity contribution in [3.63, 3.8) is 0 Å². The first-order valence-corrected chi connectivity index (χ1v) is 7.35. The summed E-state index contributed by atoms with van der Waals surface area (Å²) in [5, 5.41) is 9.94. The Bertz CT molecular complexity index is 427. The second kappa shape index (κ2) is 6.17. The van der Waals surface area contributed by atoms with Gasteiger partial charge in [-0.3, -0.25) is 9.89 Å². The highest BCUT2D eigenvalue weighted by Gasteiger charge is 2.26. The number of aromatic amines is 1. The number of aromatic nitrogens is 3. The number of carbonyl (C=O) groups is 1. The number of H-pyrrole nitrogens is 1. The highest BCUT2D eigenvalue weighted by atomic mass is 16.2. The zero-order valence-corrected chi connectivity index (χ0v) is 12.1. The van der Waals surface area contributed by atoms with Gasteiger partial charge in [0, 0.05) is 12.0 Å². The highest BCUT2D eigenvalue weighted by molar-refractivity contribution is 5.90. The molecule has 0 aliphatic heterocycles. The van der Waals surface area contributed by atoms with Crippen molar-refractivity contribution in [3.8, 4) is 0 Å². The first-order valence-electron chi connectivity index (χ1n) is 7.35. The molecule has 19 heavy (non-hydrogen) atoms. The average Bonchev–Trinajstić information content (AvgIpc) is 2.89. The standard InChI is InChI=1S/C14H24N4O/c1-4-10-7-5-6-8-11(10)15-14(19)13-16-12(9(2)3)17-18-13/h9-11H,4-8H2,1-3H3,(H,15,19)(H,16,17,18). The number of carbonyl (C=O) groups excluding carboxylic acids is 1. The molecule has 2 N–H and O–H groups in total. The molecule has 1 saturated carbocycles. The van der Waals surface area contributed by atoms with Gasteiger partial charge < -0.3 is 5.32 Å². The third kappa shape index (κ3) is 3.33. The predicted molar refractivity (Wildman–Crippen MR) is 74.0 cm³/mol. The average molecular weight is 264 g/mol. The normalized spacial score (nSPS) is 23.6. The van der Waals surface area contributed by atoms with Gasteiger partial charge in [0.25, 0.3) is 5.91 Å². The van der Waals surface area contributed by atoms with Crippen molar-refractivity contribution in [2.45, 2.75) is 64.8 Å². The monoisotopic (exact) mass is 264 g/mol. The predicted octanol–water partition coefficient (Wildman–Crippen LogP) is 2.63. The van der Waals surface area contributed by atoms with Gasteiger partial charge in [-0.1, -0.05) is 40.0 Å². The van der Waals surface area contributed by atoms with Crippen molar-refractivity contribution in [2.24, 2.45) is 5.92 Å². The quantitative estimate of drug-likeness (QED) is 0.878. The van der Waals surface area contributed by atoms with Crippen molar-refractivity contribution in [2.75, 3.05) is 0 Å². The molecule has 1 aliphatic carbocycles. The Balaban J connectivity index is 1.99. The van der Waals surface area contributed by atoms with Crippen LogP contribution in [0, 0.1) is 5.92 Å². The Morgan fingerprint density at radius 3 is 2.79 bits per heavy atom. The minimum Gasteiger partial charge on any atom is -0.346 e. The Labute approximate surface area is 114 Å². The van der Waals surface area contributed by atoms with Crippen LogP contribution >= 0.6 is 0 Å². The van der Waals surface area contributed by atoms with Crippen molar-refractivity contribution in [3.05, 3.63) is 11.6 Å². The van der Waals surface area contributed by atoms with Gasteiger partial charge in [0.15, 0.2) is 0 Å². The van der Waals surface area contributed by atoms with Gasteiger partial charge in [-0.05, 0) is 18.8 Å². The maximum Gasteiger partial charge on any atom is 0.291 e. The topological polar surface area (TPSA) is 70.7 Å². The molecule has 0 aromatic carbocycles. The summed E-state index contributed by atoms with van der Waals surface area (Å²) >= 11 is 0. The lowest BCUT2D eigenvalue weighted by molar-refractivity contribution is 0.0894. The number of nitrogens with zero attached hydrogens (tertiary/aromatic N) is 2. The van der Waals surface area contributed by atoms with Crippen LogP contribution in [-0.2, 0) is 0 Å². The summed E-state index contributed by atoms with van der Waals surface area (Å²) in [4.78, 5) is 16.4. The van der Waals surface area contributed by atoms with E-state index in [1.54, 1.807) is 0 Å². The maximum absolute atomic E-state index is 12.2. The number of amides is 1. The van der Waals surface area contributed by atoms with Crippen LogP contribution in [0.25, 0.3) is 0 Å². The zero-order chi connectivity index (χ0) is 13.8. The van der Waals surface area contributed by atoms with E-state index in [4.69, 9.17) is 0 Å². The van der Waals surface area contributed by atoms with Gasteiger partial charge in [-0.25, -0.2) is 4.98 Å². The second-order valence-electron chi connectivity index (χ2n) is 5.73. The molecule has 0 saturated heterocycles. The van der Waals surface area contributed by atoms with Gasteiger partial charge >= 0.3 is 0 Å². The van der Waals surface area contributed by atoms with Crippen LogP contribution in [0.3, 0.4) is 0 Å². The number of hydrogen-bond donors (Lipinski definition) is 2. The van der Waals surface area contributed by atoms with Crippen LogP contribution in [0.4, 0.5) is 0 Å². The van der Waals surface area contributed by atoms with Gasteiger partial charge in [0.05, 0.1) is 0 Å². The Kier molecular flexibility index (Phi) is 4.56. The molecule has 1 fully saturated rings. The van der Waals surface area contributed by atoms with E-state index in [9.17, 15) is 4.79 Å². The van der Waals surface area contributed by atoms with E-state index >= 15 is 0 Å². The second-order valence-corrected chi connectivity index (χ2v) is 5.73. The van der Waals surface area contributed by atoms with Gasteiger partial charge in [-0.15, -0.1) is 5.10 Å². The van der Waals surface area contributed by atoms with E-state index in [2.05, 4.69) is 27.4 Å². The molecule has 2 unspecified atom stereocenters. The molecule has 0 bridgehead atoms. The van der Waals surface area contributed by atoms with E-state index in [1.807, 2.05) is 13.8 Å². The van der Waals surface area contributed by atoms with Gasteiger partial charge in [0.1, 0.15) is 5.82 Å².